The average Bonchev–Trinajstić information content (AvgIpc) is 2.41. The topological polar surface area (TPSA) is 37.8 Å². The van der Waals surface area contributed by atoms with Crippen LogP contribution >= 0.6 is 11.8 Å². The molecule has 0 amide bonds. The third kappa shape index (κ3) is 5.56. The van der Waals surface area contributed by atoms with Crippen molar-refractivity contribution in [3.8, 4) is 0 Å². The van der Waals surface area contributed by atoms with Crippen molar-refractivity contribution < 1.29 is 13.2 Å². The first-order valence-electron chi connectivity index (χ1n) is 6.69. The quantitative estimate of drug-likeness (QED) is 0.596. The Bertz CT molecular complexity index is 424. The molecule has 1 heterocycles. The zero-order valence-corrected chi connectivity index (χ0v) is 12.7. The lowest BCUT2D eigenvalue weighted by atomic mass is 10.2. The van der Waals surface area contributed by atoms with E-state index in [1.165, 1.54) is 11.8 Å². The second-order valence-electron chi connectivity index (χ2n) is 4.66. The number of nitrogens with one attached hydrogen (secondary N) is 1. The Balaban J connectivity index is 2.91. The standard InChI is InChI=1S/C13H20F3N3S/c1-4-6-17-12-18-10(13(14,15)16)7-11(19-12)20-8-9(3)5-2/h7,9H,4-6,8H2,1-3H3,(H,17,18,19). The van der Waals surface area contributed by atoms with Crippen molar-refractivity contribution in [2.45, 2.75) is 44.8 Å². The van der Waals surface area contributed by atoms with Crippen molar-refractivity contribution in [2.24, 2.45) is 5.92 Å². The van der Waals surface area contributed by atoms with Gasteiger partial charge in [0.1, 0.15) is 5.03 Å². The van der Waals surface area contributed by atoms with Gasteiger partial charge in [-0.3, -0.25) is 0 Å². The minimum absolute atomic E-state index is 0.0494. The van der Waals surface area contributed by atoms with Crippen LogP contribution in [0.1, 0.15) is 39.3 Å². The third-order valence-corrected chi connectivity index (χ3v) is 3.98. The maximum absolute atomic E-state index is 12.8. The van der Waals surface area contributed by atoms with Gasteiger partial charge in [0.25, 0.3) is 0 Å². The maximum Gasteiger partial charge on any atom is 0.433 e. The SMILES string of the molecule is CCCNc1nc(SCC(C)CC)cc(C(F)(F)F)n1. The number of halogens is 3. The molecule has 0 aliphatic rings. The molecule has 1 atom stereocenters. The smallest absolute Gasteiger partial charge is 0.354 e. The van der Waals surface area contributed by atoms with Crippen molar-refractivity contribution in [1.29, 1.82) is 0 Å². The van der Waals surface area contributed by atoms with E-state index in [0.29, 0.717) is 17.5 Å². The van der Waals surface area contributed by atoms with Crippen LogP contribution in [0.25, 0.3) is 0 Å². The molecule has 0 aromatic carbocycles. The van der Waals surface area contributed by atoms with Crippen LogP contribution in [0.4, 0.5) is 19.1 Å². The first-order valence-corrected chi connectivity index (χ1v) is 7.68. The summed E-state index contributed by atoms with van der Waals surface area (Å²) in [7, 11) is 0. The Morgan fingerprint density at radius 3 is 2.55 bits per heavy atom. The molecule has 0 aliphatic carbocycles. The van der Waals surface area contributed by atoms with Gasteiger partial charge in [0, 0.05) is 18.4 Å². The molecule has 1 N–H and O–H groups in total. The summed E-state index contributed by atoms with van der Waals surface area (Å²) in [5, 5.41) is 3.18. The summed E-state index contributed by atoms with van der Waals surface area (Å²) in [6, 6.07) is 1.02. The lowest BCUT2D eigenvalue weighted by Crippen LogP contribution is -2.13. The van der Waals surface area contributed by atoms with Gasteiger partial charge in [-0.2, -0.15) is 13.2 Å². The number of hydrogen-bond donors (Lipinski definition) is 1. The van der Waals surface area contributed by atoms with Crippen LogP contribution in [0, 0.1) is 5.92 Å². The monoisotopic (exact) mass is 307 g/mol. The van der Waals surface area contributed by atoms with Crippen LogP contribution in [0.5, 0.6) is 0 Å². The van der Waals surface area contributed by atoms with Crippen LogP contribution in [-0.2, 0) is 6.18 Å². The van der Waals surface area contributed by atoms with Gasteiger partial charge in [0.2, 0.25) is 5.95 Å². The van der Waals surface area contributed by atoms with Gasteiger partial charge in [-0.1, -0.05) is 27.2 Å². The molecule has 0 radical (unpaired) electrons. The predicted octanol–water partition coefficient (Wildman–Crippen LogP) is 4.46. The van der Waals surface area contributed by atoms with Gasteiger partial charge < -0.3 is 5.32 Å². The minimum atomic E-state index is -4.45. The van der Waals surface area contributed by atoms with Crippen LogP contribution in [-0.4, -0.2) is 22.3 Å². The van der Waals surface area contributed by atoms with Crippen molar-refractivity contribution in [1.82, 2.24) is 9.97 Å². The highest BCUT2D eigenvalue weighted by atomic mass is 32.2. The second-order valence-corrected chi connectivity index (χ2v) is 5.70. The number of aromatic nitrogens is 2. The van der Waals surface area contributed by atoms with Gasteiger partial charge in [-0.25, -0.2) is 9.97 Å². The highest BCUT2D eigenvalue weighted by Crippen LogP contribution is 2.31. The normalized spacial score (nSPS) is 13.3. The number of hydrogen-bond acceptors (Lipinski definition) is 4. The number of rotatable bonds is 7. The molecule has 20 heavy (non-hydrogen) atoms. The summed E-state index contributed by atoms with van der Waals surface area (Å²) in [6.07, 6.45) is -2.66. The fourth-order valence-electron chi connectivity index (χ4n) is 1.31. The van der Waals surface area contributed by atoms with Crippen molar-refractivity contribution in [3.63, 3.8) is 0 Å². The predicted molar refractivity (Wildman–Crippen MR) is 76.0 cm³/mol. The first-order chi connectivity index (χ1) is 9.36. The molecule has 0 spiro atoms. The molecule has 1 rings (SSSR count). The van der Waals surface area contributed by atoms with E-state index in [9.17, 15) is 13.2 Å². The molecule has 1 aromatic rings. The van der Waals surface area contributed by atoms with Crippen LogP contribution in [0.2, 0.25) is 0 Å². The summed E-state index contributed by atoms with van der Waals surface area (Å²) in [5.74, 6) is 1.24. The van der Waals surface area contributed by atoms with Gasteiger partial charge in [-0.15, -0.1) is 11.8 Å². The van der Waals surface area contributed by atoms with Crippen molar-refractivity contribution in [3.05, 3.63) is 11.8 Å². The van der Waals surface area contributed by atoms with Crippen LogP contribution in [0.15, 0.2) is 11.1 Å². The van der Waals surface area contributed by atoms with Gasteiger partial charge in [-0.05, 0) is 12.3 Å². The van der Waals surface area contributed by atoms with E-state index < -0.39 is 11.9 Å². The second kappa shape index (κ2) is 7.71. The molecule has 0 saturated heterocycles. The highest BCUT2D eigenvalue weighted by Gasteiger charge is 2.33. The Hall–Kier alpha value is -0.980. The third-order valence-electron chi connectivity index (χ3n) is 2.74. The average molecular weight is 307 g/mol. The van der Waals surface area contributed by atoms with E-state index in [1.54, 1.807) is 0 Å². The van der Waals surface area contributed by atoms with E-state index in [2.05, 4.69) is 29.1 Å². The first kappa shape index (κ1) is 17.1. The molecular weight excluding hydrogens is 287 g/mol. The number of alkyl halides is 3. The van der Waals surface area contributed by atoms with Crippen LogP contribution in [0.3, 0.4) is 0 Å². The summed E-state index contributed by atoms with van der Waals surface area (Å²) < 4.78 is 38.4. The maximum atomic E-state index is 12.8. The minimum Gasteiger partial charge on any atom is -0.354 e. The van der Waals surface area contributed by atoms with E-state index in [1.807, 2.05) is 6.92 Å². The molecule has 0 bridgehead atoms. The Morgan fingerprint density at radius 2 is 2.00 bits per heavy atom. The molecular formula is C13H20F3N3S. The van der Waals surface area contributed by atoms with Gasteiger partial charge >= 0.3 is 6.18 Å². The molecule has 0 saturated carbocycles. The summed E-state index contributed by atoms with van der Waals surface area (Å²) in [6.45, 7) is 6.60. The Kier molecular flexibility index (Phi) is 6.58. The number of nitrogens with zero attached hydrogens (tertiary/aromatic N) is 2. The molecule has 0 fully saturated rings. The lowest BCUT2D eigenvalue weighted by molar-refractivity contribution is -0.141. The number of anilines is 1. The summed E-state index contributed by atoms with van der Waals surface area (Å²) >= 11 is 1.34. The van der Waals surface area contributed by atoms with E-state index in [0.717, 1.165) is 24.7 Å². The highest BCUT2D eigenvalue weighted by molar-refractivity contribution is 7.99. The van der Waals surface area contributed by atoms with Crippen LogP contribution < -0.4 is 5.32 Å². The van der Waals surface area contributed by atoms with Gasteiger partial charge in [0.15, 0.2) is 5.69 Å². The van der Waals surface area contributed by atoms with E-state index in [4.69, 9.17) is 0 Å². The lowest BCUT2D eigenvalue weighted by Gasteiger charge is -2.12. The fourth-order valence-corrected chi connectivity index (χ4v) is 2.34. The molecule has 3 nitrogen and oxygen atoms in total. The Morgan fingerprint density at radius 1 is 1.30 bits per heavy atom. The Labute approximate surface area is 121 Å². The molecule has 1 aromatic heterocycles. The van der Waals surface area contributed by atoms with Crippen molar-refractivity contribution >= 4 is 17.7 Å². The molecule has 0 aliphatic heterocycles. The summed E-state index contributed by atoms with van der Waals surface area (Å²) in [4.78, 5) is 7.66. The largest absolute Gasteiger partial charge is 0.433 e. The van der Waals surface area contributed by atoms with E-state index in [-0.39, 0.29) is 5.95 Å². The summed E-state index contributed by atoms with van der Waals surface area (Å²) in [5.41, 5.74) is -0.891. The fraction of sp³-hybridized carbons (Fsp3) is 0.692. The van der Waals surface area contributed by atoms with Crippen molar-refractivity contribution in [2.75, 3.05) is 17.6 Å². The molecule has 114 valence electrons. The molecule has 7 heteroatoms. The number of thioether (sulfide) groups is 1. The zero-order valence-electron chi connectivity index (χ0n) is 11.9. The van der Waals surface area contributed by atoms with Gasteiger partial charge in [0.05, 0.1) is 0 Å². The van der Waals surface area contributed by atoms with E-state index >= 15 is 0 Å². The zero-order chi connectivity index (χ0) is 15.2. The molecule has 1 unspecified atom stereocenters.